The average Bonchev–Trinajstić information content (AvgIpc) is 2.69. The molecule has 0 aliphatic heterocycles. The van der Waals surface area contributed by atoms with Gasteiger partial charge >= 0.3 is 0 Å². The molecule has 0 atom stereocenters. The maximum Gasteiger partial charge on any atom is 0.274 e. The summed E-state index contributed by atoms with van der Waals surface area (Å²) in [5.74, 6) is 0.824. The van der Waals surface area contributed by atoms with Gasteiger partial charge in [-0.05, 0) is 11.6 Å². The van der Waals surface area contributed by atoms with Crippen LogP contribution in [0.5, 0.6) is 5.88 Å². The second-order valence-electron chi connectivity index (χ2n) is 5.65. The minimum atomic E-state index is -0.325. The zero-order valence-corrected chi connectivity index (χ0v) is 14.6. The van der Waals surface area contributed by atoms with Crippen molar-refractivity contribution in [2.24, 2.45) is 0 Å². The molecule has 26 heavy (non-hydrogen) atoms. The zero-order chi connectivity index (χ0) is 18.4. The molecule has 0 aliphatic carbocycles. The molecule has 0 saturated carbocycles. The fourth-order valence-corrected chi connectivity index (χ4v) is 2.39. The van der Waals surface area contributed by atoms with Gasteiger partial charge in [-0.1, -0.05) is 30.3 Å². The number of nitrogens with zero attached hydrogens (tertiary/aromatic N) is 4. The Labute approximate surface area is 151 Å². The highest BCUT2D eigenvalue weighted by Crippen LogP contribution is 2.15. The number of nitrogens with one attached hydrogen (secondary N) is 1. The number of benzene rings is 1. The van der Waals surface area contributed by atoms with Crippen LogP contribution < -0.4 is 15.0 Å². The van der Waals surface area contributed by atoms with Crippen molar-refractivity contribution in [2.45, 2.75) is 6.54 Å². The molecule has 3 rings (SSSR count). The van der Waals surface area contributed by atoms with Crippen LogP contribution in [0.2, 0.25) is 0 Å². The molecule has 0 aliphatic rings. The van der Waals surface area contributed by atoms with Crippen molar-refractivity contribution in [3.8, 4) is 5.88 Å². The van der Waals surface area contributed by atoms with Gasteiger partial charge in [0, 0.05) is 25.7 Å². The molecular formula is C19H19N5O2. The summed E-state index contributed by atoms with van der Waals surface area (Å²) >= 11 is 0. The van der Waals surface area contributed by atoms with Gasteiger partial charge in [0.1, 0.15) is 17.8 Å². The number of rotatable bonds is 6. The number of amides is 1. The Morgan fingerprint density at radius 2 is 1.92 bits per heavy atom. The molecule has 0 unspecified atom stereocenters. The number of pyridine rings is 1. The van der Waals surface area contributed by atoms with Crippen LogP contribution >= 0.6 is 0 Å². The van der Waals surface area contributed by atoms with Gasteiger partial charge in [-0.3, -0.25) is 4.79 Å². The summed E-state index contributed by atoms with van der Waals surface area (Å²) < 4.78 is 5.00. The molecule has 7 nitrogen and oxygen atoms in total. The fourth-order valence-electron chi connectivity index (χ4n) is 2.39. The Kier molecular flexibility index (Phi) is 5.38. The Morgan fingerprint density at radius 3 is 2.62 bits per heavy atom. The molecule has 0 radical (unpaired) electrons. The lowest BCUT2D eigenvalue weighted by Gasteiger charge is -2.18. The third-order valence-electron chi connectivity index (χ3n) is 3.74. The first-order chi connectivity index (χ1) is 12.7. The average molecular weight is 349 g/mol. The summed E-state index contributed by atoms with van der Waals surface area (Å²) in [5, 5.41) is 2.76. The molecule has 2 heterocycles. The topological polar surface area (TPSA) is 80.2 Å². The number of ether oxygens (including phenoxy) is 1. The van der Waals surface area contributed by atoms with Gasteiger partial charge in [0.05, 0.1) is 19.0 Å². The van der Waals surface area contributed by atoms with E-state index in [1.807, 2.05) is 42.3 Å². The van der Waals surface area contributed by atoms with E-state index in [0.717, 1.165) is 5.56 Å². The molecule has 0 fully saturated rings. The Balaban J connectivity index is 1.70. The van der Waals surface area contributed by atoms with Gasteiger partial charge in [-0.15, -0.1) is 0 Å². The molecular weight excluding hydrogens is 330 g/mol. The number of anilines is 2. The monoisotopic (exact) mass is 349 g/mol. The maximum atomic E-state index is 12.4. The number of carbonyl (C=O) groups excluding carboxylic acids is 1. The van der Waals surface area contributed by atoms with Crippen LogP contribution in [0.15, 0.2) is 61.1 Å². The number of hydrogen-bond acceptors (Lipinski definition) is 6. The molecule has 2 aromatic heterocycles. The summed E-state index contributed by atoms with van der Waals surface area (Å²) in [4.78, 5) is 26.8. The Morgan fingerprint density at radius 1 is 1.12 bits per heavy atom. The smallest absolute Gasteiger partial charge is 0.274 e. The van der Waals surface area contributed by atoms with Crippen LogP contribution in [-0.4, -0.2) is 35.0 Å². The van der Waals surface area contributed by atoms with E-state index in [-0.39, 0.29) is 11.6 Å². The van der Waals surface area contributed by atoms with Gasteiger partial charge in [0.25, 0.3) is 5.91 Å². The van der Waals surface area contributed by atoms with Crippen molar-refractivity contribution in [1.82, 2.24) is 15.0 Å². The van der Waals surface area contributed by atoms with Gasteiger partial charge in [-0.25, -0.2) is 15.0 Å². The van der Waals surface area contributed by atoms with E-state index in [0.29, 0.717) is 23.9 Å². The summed E-state index contributed by atoms with van der Waals surface area (Å²) in [6.07, 6.45) is 2.92. The van der Waals surface area contributed by atoms with Crippen LogP contribution in [0, 0.1) is 0 Å². The first-order valence-electron chi connectivity index (χ1n) is 8.04. The second kappa shape index (κ2) is 8.06. The van der Waals surface area contributed by atoms with Crippen molar-refractivity contribution in [3.63, 3.8) is 0 Å². The highest BCUT2D eigenvalue weighted by molar-refractivity contribution is 6.03. The van der Waals surface area contributed by atoms with Crippen molar-refractivity contribution >= 4 is 17.4 Å². The van der Waals surface area contributed by atoms with E-state index in [1.54, 1.807) is 18.2 Å². The van der Waals surface area contributed by atoms with Gasteiger partial charge in [0.2, 0.25) is 5.88 Å². The molecule has 0 saturated heterocycles. The van der Waals surface area contributed by atoms with Crippen molar-refractivity contribution in [1.29, 1.82) is 0 Å². The minimum Gasteiger partial charge on any atom is -0.481 e. The molecule has 0 bridgehead atoms. The van der Waals surface area contributed by atoms with Crippen LogP contribution in [-0.2, 0) is 6.54 Å². The second-order valence-corrected chi connectivity index (χ2v) is 5.65. The third kappa shape index (κ3) is 4.32. The molecule has 1 N–H and O–H groups in total. The summed E-state index contributed by atoms with van der Waals surface area (Å²) in [6, 6.07) is 15.1. The lowest BCUT2D eigenvalue weighted by molar-refractivity contribution is 0.102. The largest absolute Gasteiger partial charge is 0.481 e. The van der Waals surface area contributed by atoms with Gasteiger partial charge < -0.3 is 15.0 Å². The predicted molar refractivity (Wildman–Crippen MR) is 99.3 cm³/mol. The SMILES string of the molecule is COc1ccc(NC(=O)c2cc(N(C)Cc3ccccc3)ncn2)cn1. The van der Waals surface area contributed by atoms with Crippen LogP contribution in [0.1, 0.15) is 16.1 Å². The summed E-state index contributed by atoms with van der Waals surface area (Å²) in [5.41, 5.74) is 2.00. The number of carbonyl (C=O) groups is 1. The minimum absolute atomic E-state index is 0.283. The van der Waals surface area contributed by atoms with E-state index in [4.69, 9.17) is 4.74 Å². The third-order valence-corrected chi connectivity index (χ3v) is 3.74. The highest BCUT2D eigenvalue weighted by atomic mass is 16.5. The number of hydrogen-bond donors (Lipinski definition) is 1. The first-order valence-corrected chi connectivity index (χ1v) is 8.04. The Bertz CT molecular complexity index is 869. The molecule has 132 valence electrons. The van der Waals surface area contributed by atoms with E-state index < -0.39 is 0 Å². The predicted octanol–water partition coefficient (Wildman–Crippen LogP) is 2.77. The van der Waals surface area contributed by atoms with Gasteiger partial charge in [0.15, 0.2) is 0 Å². The van der Waals surface area contributed by atoms with E-state index in [1.165, 1.54) is 19.6 Å². The molecule has 1 amide bonds. The van der Waals surface area contributed by atoms with Crippen molar-refractivity contribution in [3.05, 3.63) is 72.3 Å². The van der Waals surface area contributed by atoms with Crippen molar-refractivity contribution < 1.29 is 9.53 Å². The van der Waals surface area contributed by atoms with Crippen LogP contribution in [0.4, 0.5) is 11.5 Å². The maximum absolute atomic E-state index is 12.4. The highest BCUT2D eigenvalue weighted by Gasteiger charge is 2.12. The molecule has 3 aromatic rings. The fraction of sp³-hybridized carbons (Fsp3) is 0.158. The lowest BCUT2D eigenvalue weighted by atomic mass is 10.2. The Hall–Kier alpha value is -3.48. The normalized spacial score (nSPS) is 10.2. The lowest BCUT2D eigenvalue weighted by Crippen LogP contribution is -2.20. The number of methoxy groups -OCH3 is 1. The van der Waals surface area contributed by atoms with Crippen molar-refractivity contribution in [2.75, 3.05) is 24.4 Å². The number of aromatic nitrogens is 3. The summed E-state index contributed by atoms with van der Waals surface area (Å²) in [6.45, 7) is 0.682. The van der Waals surface area contributed by atoms with Gasteiger partial charge in [-0.2, -0.15) is 0 Å². The van der Waals surface area contributed by atoms with Crippen LogP contribution in [0.3, 0.4) is 0 Å². The van der Waals surface area contributed by atoms with E-state index >= 15 is 0 Å². The zero-order valence-electron chi connectivity index (χ0n) is 14.6. The van der Waals surface area contributed by atoms with E-state index in [2.05, 4.69) is 20.3 Å². The van der Waals surface area contributed by atoms with Crippen LogP contribution in [0.25, 0.3) is 0 Å². The quantitative estimate of drug-likeness (QED) is 0.737. The van der Waals surface area contributed by atoms with E-state index in [9.17, 15) is 4.79 Å². The first kappa shape index (κ1) is 17.3. The molecule has 1 aromatic carbocycles. The summed E-state index contributed by atoms with van der Waals surface area (Å²) in [7, 11) is 3.46. The standard InChI is InChI=1S/C19H19N5O2/c1-24(12-14-6-4-3-5-7-14)17-10-16(21-13-22-17)19(25)23-15-8-9-18(26-2)20-11-15/h3-11,13H,12H2,1-2H3,(H,23,25). The molecule has 7 heteroatoms. The molecule has 0 spiro atoms.